The summed E-state index contributed by atoms with van der Waals surface area (Å²) in [4.78, 5) is 13.9. The lowest BCUT2D eigenvalue weighted by atomic mass is 9.93. The van der Waals surface area contributed by atoms with Crippen molar-refractivity contribution in [2.45, 2.75) is 31.7 Å². The van der Waals surface area contributed by atoms with Crippen LogP contribution in [0.25, 0.3) is 0 Å². The largest absolute Gasteiger partial charge is 0.363 e. The minimum atomic E-state index is 0.00801. The van der Waals surface area contributed by atoms with E-state index in [2.05, 4.69) is 0 Å². The lowest BCUT2D eigenvalue weighted by Crippen LogP contribution is -2.40. The van der Waals surface area contributed by atoms with Crippen LogP contribution in [0.15, 0.2) is 24.3 Å². The Morgan fingerprint density at radius 1 is 1.31 bits per heavy atom. The average molecular weight is 238 g/mol. The first-order valence-electron chi connectivity index (χ1n) is 5.70. The predicted octanol–water partition coefficient (Wildman–Crippen LogP) is 3.29. The molecule has 0 radical (unpaired) electrons. The van der Waals surface area contributed by atoms with Crippen molar-refractivity contribution in [3.8, 4) is 0 Å². The summed E-state index contributed by atoms with van der Waals surface area (Å²) in [5.74, 6) is 0.341. The Kier molecular flexibility index (Phi) is 3.49. The van der Waals surface area contributed by atoms with Gasteiger partial charge < -0.3 is 4.90 Å². The predicted molar refractivity (Wildman–Crippen MR) is 67.1 cm³/mol. The Morgan fingerprint density at radius 2 is 2.06 bits per heavy atom. The maximum Gasteiger partial charge on any atom is 0.155 e. The van der Waals surface area contributed by atoms with Gasteiger partial charge in [-0.1, -0.05) is 30.2 Å². The Morgan fingerprint density at radius 3 is 2.75 bits per heavy atom. The fraction of sp³-hybridized carbons (Fsp3) is 0.462. The van der Waals surface area contributed by atoms with Gasteiger partial charge in [-0.2, -0.15) is 0 Å². The molecule has 0 spiro atoms. The van der Waals surface area contributed by atoms with E-state index < -0.39 is 0 Å². The molecule has 2 nitrogen and oxygen atoms in total. The van der Waals surface area contributed by atoms with E-state index in [-0.39, 0.29) is 6.04 Å². The van der Waals surface area contributed by atoms with E-state index in [0.29, 0.717) is 17.2 Å². The lowest BCUT2D eigenvalue weighted by molar-refractivity contribution is -0.121. The first kappa shape index (κ1) is 11.5. The van der Waals surface area contributed by atoms with Gasteiger partial charge in [0.1, 0.15) is 0 Å². The molecule has 16 heavy (non-hydrogen) atoms. The first-order chi connectivity index (χ1) is 7.70. The number of hydrogen-bond acceptors (Lipinski definition) is 2. The standard InChI is InChI=1S/C13H16ClNO/c1-15(11-7-3-2-6-10(11)14)12-8-4-5-9-13(12)16/h2-3,6-7,12H,4-5,8-9H2,1H3. The van der Waals surface area contributed by atoms with Crippen molar-refractivity contribution < 1.29 is 4.79 Å². The monoisotopic (exact) mass is 237 g/mol. The second-order valence-corrected chi connectivity index (χ2v) is 4.70. The molecule has 1 unspecified atom stereocenters. The quantitative estimate of drug-likeness (QED) is 0.787. The summed E-state index contributed by atoms with van der Waals surface area (Å²) in [5, 5.41) is 0.711. The summed E-state index contributed by atoms with van der Waals surface area (Å²) in [6.45, 7) is 0. The Balaban J connectivity index is 2.21. The van der Waals surface area contributed by atoms with Crippen molar-refractivity contribution in [2.75, 3.05) is 11.9 Å². The number of hydrogen-bond donors (Lipinski definition) is 0. The highest BCUT2D eigenvalue weighted by atomic mass is 35.5. The van der Waals surface area contributed by atoms with Gasteiger partial charge in [0.2, 0.25) is 0 Å². The number of ketones is 1. The van der Waals surface area contributed by atoms with Crippen LogP contribution >= 0.6 is 11.6 Å². The molecule has 2 rings (SSSR count). The summed E-state index contributed by atoms with van der Waals surface area (Å²) in [6, 6.07) is 7.69. The number of carbonyl (C=O) groups excluding carboxylic acids is 1. The third-order valence-corrected chi connectivity index (χ3v) is 3.54. The van der Waals surface area contributed by atoms with E-state index >= 15 is 0 Å². The summed E-state index contributed by atoms with van der Waals surface area (Å²) in [5.41, 5.74) is 0.949. The zero-order valence-corrected chi connectivity index (χ0v) is 10.2. The molecule has 0 saturated heterocycles. The van der Waals surface area contributed by atoms with Crippen molar-refractivity contribution in [1.29, 1.82) is 0 Å². The third kappa shape index (κ3) is 2.22. The Bertz CT molecular complexity index is 391. The van der Waals surface area contributed by atoms with Crippen molar-refractivity contribution >= 4 is 23.1 Å². The highest BCUT2D eigenvalue weighted by molar-refractivity contribution is 6.33. The van der Waals surface area contributed by atoms with E-state index in [1.807, 2.05) is 36.2 Å². The molecular weight excluding hydrogens is 222 g/mol. The Labute approximate surface area is 101 Å². The molecule has 0 aliphatic heterocycles. The van der Waals surface area contributed by atoms with Gasteiger partial charge in [-0.25, -0.2) is 0 Å². The van der Waals surface area contributed by atoms with Crippen LogP contribution in [0, 0.1) is 0 Å². The van der Waals surface area contributed by atoms with Crippen molar-refractivity contribution in [2.24, 2.45) is 0 Å². The fourth-order valence-corrected chi connectivity index (χ4v) is 2.55. The second kappa shape index (κ2) is 4.88. The molecule has 1 aliphatic carbocycles. The molecule has 0 heterocycles. The molecular formula is C13H16ClNO. The van der Waals surface area contributed by atoms with Crippen LogP contribution in [0.1, 0.15) is 25.7 Å². The third-order valence-electron chi connectivity index (χ3n) is 3.22. The van der Waals surface area contributed by atoms with E-state index in [0.717, 1.165) is 24.9 Å². The Hall–Kier alpha value is -1.02. The zero-order valence-electron chi connectivity index (χ0n) is 9.45. The number of rotatable bonds is 2. The number of benzene rings is 1. The normalized spacial score (nSPS) is 20.9. The fourth-order valence-electron chi connectivity index (χ4n) is 2.28. The zero-order chi connectivity index (χ0) is 11.5. The van der Waals surface area contributed by atoms with Gasteiger partial charge in [0.05, 0.1) is 16.8 Å². The molecule has 1 fully saturated rings. The molecule has 1 aliphatic rings. The number of para-hydroxylation sites is 1. The topological polar surface area (TPSA) is 20.3 Å². The van der Waals surface area contributed by atoms with Gasteiger partial charge in [-0.15, -0.1) is 0 Å². The minimum absolute atomic E-state index is 0.00801. The van der Waals surface area contributed by atoms with E-state index in [9.17, 15) is 4.79 Å². The van der Waals surface area contributed by atoms with Crippen LogP contribution in [0.4, 0.5) is 5.69 Å². The molecule has 1 aromatic rings. The molecule has 1 saturated carbocycles. The van der Waals surface area contributed by atoms with Crippen molar-refractivity contribution in [1.82, 2.24) is 0 Å². The summed E-state index contributed by atoms with van der Waals surface area (Å²) in [6.07, 6.45) is 3.82. The summed E-state index contributed by atoms with van der Waals surface area (Å²) < 4.78 is 0. The van der Waals surface area contributed by atoms with E-state index in [1.165, 1.54) is 0 Å². The van der Waals surface area contributed by atoms with Crippen LogP contribution in [0.5, 0.6) is 0 Å². The smallest absolute Gasteiger partial charge is 0.155 e. The van der Waals surface area contributed by atoms with E-state index in [1.54, 1.807) is 0 Å². The molecule has 86 valence electrons. The van der Waals surface area contributed by atoms with Crippen LogP contribution < -0.4 is 4.90 Å². The second-order valence-electron chi connectivity index (χ2n) is 4.29. The number of halogens is 1. The van der Waals surface area contributed by atoms with Crippen molar-refractivity contribution in [3.05, 3.63) is 29.3 Å². The molecule has 3 heteroatoms. The van der Waals surface area contributed by atoms with Crippen LogP contribution in [-0.2, 0) is 4.79 Å². The SMILES string of the molecule is CN(c1ccccc1Cl)C1CCCCC1=O. The summed E-state index contributed by atoms with van der Waals surface area (Å²) in [7, 11) is 1.95. The van der Waals surface area contributed by atoms with E-state index in [4.69, 9.17) is 11.6 Å². The van der Waals surface area contributed by atoms with Gasteiger partial charge in [-0.3, -0.25) is 4.79 Å². The molecule has 0 aromatic heterocycles. The number of likely N-dealkylation sites (N-methyl/N-ethyl adjacent to an activating group) is 1. The molecule has 0 bridgehead atoms. The average Bonchev–Trinajstić information content (AvgIpc) is 2.29. The highest BCUT2D eigenvalue weighted by Crippen LogP contribution is 2.29. The van der Waals surface area contributed by atoms with Gasteiger partial charge in [0.25, 0.3) is 0 Å². The lowest BCUT2D eigenvalue weighted by Gasteiger charge is -2.32. The summed E-state index contributed by atoms with van der Waals surface area (Å²) >= 11 is 6.13. The number of carbonyl (C=O) groups is 1. The van der Waals surface area contributed by atoms with Crippen molar-refractivity contribution in [3.63, 3.8) is 0 Å². The maximum atomic E-state index is 11.8. The number of Topliss-reactive ketones (excluding diaryl/α,β-unsaturated/α-hetero) is 1. The maximum absolute atomic E-state index is 11.8. The highest BCUT2D eigenvalue weighted by Gasteiger charge is 2.26. The first-order valence-corrected chi connectivity index (χ1v) is 6.08. The number of nitrogens with zero attached hydrogens (tertiary/aromatic N) is 1. The van der Waals surface area contributed by atoms with Gasteiger partial charge in [0.15, 0.2) is 5.78 Å². The molecule has 1 atom stereocenters. The molecule has 0 amide bonds. The van der Waals surface area contributed by atoms with Crippen LogP contribution in [0.3, 0.4) is 0 Å². The van der Waals surface area contributed by atoms with Gasteiger partial charge in [0, 0.05) is 13.5 Å². The van der Waals surface area contributed by atoms with Gasteiger partial charge in [-0.05, 0) is 25.0 Å². The number of anilines is 1. The van der Waals surface area contributed by atoms with Crippen LogP contribution in [-0.4, -0.2) is 18.9 Å². The molecule has 1 aromatic carbocycles. The van der Waals surface area contributed by atoms with Crippen LogP contribution in [0.2, 0.25) is 5.02 Å². The van der Waals surface area contributed by atoms with Gasteiger partial charge >= 0.3 is 0 Å². The minimum Gasteiger partial charge on any atom is -0.363 e. The molecule has 0 N–H and O–H groups in total.